The molecule has 0 aromatic carbocycles. The van der Waals surface area contributed by atoms with Crippen molar-refractivity contribution >= 4 is 0 Å². The molecule has 0 saturated carbocycles. The maximum Gasteiger partial charge on any atom is 0.0172 e. The van der Waals surface area contributed by atoms with E-state index in [0.29, 0.717) is 0 Å². The minimum atomic E-state index is 1.09. The summed E-state index contributed by atoms with van der Waals surface area (Å²) in [4.78, 5) is 0. The van der Waals surface area contributed by atoms with Crippen LogP contribution in [0.25, 0.3) is 0 Å². The van der Waals surface area contributed by atoms with E-state index in [1.807, 2.05) is 7.05 Å². The van der Waals surface area contributed by atoms with Crippen molar-refractivity contribution in [1.82, 2.24) is 5.32 Å². The molecule has 0 spiro atoms. The second kappa shape index (κ2) is 2.03. The van der Waals surface area contributed by atoms with Gasteiger partial charge in [0, 0.05) is 19.2 Å². The fourth-order valence-electron chi connectivity index (χ4n) is 0.914. The number of hydrogen-bond donors (Lipinski definition) is 1. The third kappa shape index (κ3) is 0.760. The van der Waals surface area contributed by atoms with Gasteiger partial charge in [0.2, 0.25) is 0 Å². The molecule has 0 heterocycles. The highest BCUT2D eigenvalue weighted by molar-refractivity contribution is 5.30. The van der Waals surface area contributed by atoms with Crippen LogP contribution in [-0.4, -0.2) is 7.05 Å². The first-order valence-electron chi connectivity index (χ1n) is 2.88. The largest absolute Gasteiger partial charge is 0.391 e. The summed E-state index contributed by atoms with van der Waals surface area (Å²) in [6.07, 6.45) is 5.40. The molecule has 0 aromatic rings. The Morgan fingerprint density at radius 2 is 2.38 bits per heavy atom. The average Bonchev–Trinajstić information content (AvgIpc) is 2.14. The average molecular weight is 109 g/mol. The summed E-state index contributed by atoms with van der Waals surface area (Å²) in [5, 5.41) is 3.13. The number of hydrogen-bond acceptors (Lipinski definition) is 1. The second-order valence-electron chi connectivity index (χ2n) is 2.02. The number of rotatable bonds is 1. The van der Waals surface area contributed by atoms with Gasteiger partial charge >= 0.3 is 0 Å². The van der Waals surface area contributed by atoms with Gasteiger partial charge in [-0.2, -0.15) is 0 Å². The quantitative estimate of drug-likeness (QED) is 0.537. The van der Waals surface area contributed by atoms with Crippen molar-refractivity contribution in [2.75, 3.05) is 7.05 Å². The molecule has 1 N–H and O–H groups in total. The first-order chi connectivity index (χ1) is 3.84. The topological polar surface area (TPSA) is 12.0 Å². The predicted octanol–water partition coefficient (Wildman–Crippen LogP) is 1.44. The SMILES string of the molecule is CNC1=C(C)C=CC1. The van der Waals surface area contributed by atoms with Gasteiger partial charge in [-0.15, -0.1) is 0 Å². The zero-order valence-corrected chi connectivity index (χ0v) is 5.36. The van der Waals surface area contributed by atoms with Crippen molar-refractivity contribution in [3.8, 4) is 0 Å². The Morgan fingerprint density at radius 1 is 1.62 bits per heavy atom. The molecule has 0 aliphatic heterocycles. The van der Waals surface area contributed by atoms with Crippen molar-refractivity contribution in [2.45, 2.75) is 13.3 Å². The molecule has 1 rings (SSSR count). The number of allylic oxidation sites excluding steroid dienone is 3. The van der Waals surface area contributed by atoms with E-state index >= 15 is 0 Å². The van der Waals surface area contributed by atoms with E-state index in [1.165, 1.54) is 11.3 Å². The summed E-state index contributed by atoms with van der Waals surface area (Å²) in [6, 6.07) is 0. The minimum absolute atomic E-state index is 1.09. The zero-order valence-electron chi connectivity index (χ0n) is 5.36. The summed E-state index contributed by atoms with van der Waals surface area (Å²) in [6.45, 7) is 2.12. The summed E-state index contributed by atoms with van der Waals surface area (Å²) in [7, 11) is 1.96. The fourth-order valence-corrected chi connectivity index (χ4v) is 0.914. The summed E-state index contributed by atoms with van der Waals surface area (Å²) >= 11 is 0. The van der Waals surface area contributed by atoms with Crippen LogP contribution in [0.3, 0.4) is 0 Å². The van der Waals surface area contributed by atoms with E-state index in [-0.39, 0.29) is 0 Å². The summed E-state index contributed by atoms with van der Waals surface area (Å²) in [5.74, 6) is 0. The molecule has 0 atom stereocenters. The van der Waals surface area contributed by atoms with Crippen molar-refractivity contribution in [3.63, 3.8) is 0 Å². The standard InChI is InChI=1S/C7H11N/c1-6-4-3-5-7(6)8-2/h3-4,8H,5H2,1-2H3. The minimum Gasteiger partial charge on any atom is -0.391 e. The van der Waals surface area contributed by atoms with Gasteiger partial charge in [0.1, 0.15) is 0 Å². The van der Waals surface area contributed by atoms with Crippen LogP contribution in [0, 0.1) is 0 Å². The molecule has 1 heteroatoms. The maximum absolute atomic E-state index is 3.13. The molecular formula is C7H11N. The van der Waals surface area contributed by atoms with Gasteiger partial charge in [0.15, 0.2) is 0 Å². The van der Waals surface area contributed by atoms with E-state index in [2.05, 4.69) is 24.4 Å². The Kier molecular flexibility index (Phi) is 1.38. The molecule has 1 aliphatic rings. The molecule has 8 heavy (non-hydrogen) atoms. The maximum atomic E-state index is 3.13. The summed E-state index contributed by atoms with van der Waals surface area (Å²) < 4.78 is 0. The lowest BCUT2D eigenvalue weighted by molar-refractivity contribution is 0.938. The molecule has 0 aromatic heterocycles. The molecule has 0 saturated heterocycles. The molecule has 1 aliphatic carbocycles. The third-order valence-corrected chi connectivity index (χ3v) is 1.47. The van der Waals surface area contributed by atoms with E-state index < -0.39 is 0 Å². The van der Waals surface area contributed by atoms with Crippen LogP contribution in [0.5, 0.6) is 0 Å². The predicted molar refractivity (Wildman–Crippen MR) is 35.5 cm³/mol. The summed E-state index contributed by atoms with van der Waals surface area (Å²) in [5.41, 5.74) is 2.72. The fraction of sp³-hybridized carbons (Fsp3) is 0.429. The highest BCUT2D eigenvalue weighted by Crippen LogP contribution is 2.13. The second-order valence-corrected chi connectivity index (χ2v) is 2.02. The van der Waals surface area contributed by atoms with Crippen molar-refractivity contribution in [2.24, 2.45) is 0 Å². The Balaban J connectivity index is 2.68. The third-order valence-electron chi connectivity index (χ3n) is 1.47. The van der Waals surface area contributed by atoms with E-state index in [1.54, 1.807) is 0 Å². The van der Waals surface area contributed by atoms with Crippen LogP contribution in [0.15, 0.2) is 23.4 Å². The Morgan fingerprint density at radius 3 is 2.62 bits per heavy atom. The molecule has 0 fully saturated rings. The van der Waals surface area contributed by atoms with Crippen LogP contribution in [-0.2, 0) is 0 Å². The van der Waals surface area contributed by atoms with E-state index in [0.717, 1.165) is 6.42 Å². The normalized spacial score (nSPS) is 17.8. The monoisotopic (exact) mass is 109 g/mol. The van der Waals surface area contributed by atoms with E-state index in [9.17, 15) is 0 Å². The van der Waals surface area contributed by atoms with Crippen LogP contribution in [0.4, 0.5) is 0 Å². The highest BCUT2D eigenvalue weighted by Gasteiger charge is 1.99. The van der Waals surface area contributed by atoms with Crippen molar-refractivity contribution in [1.29, 1.82) is 0 Å². The van der Waals surface area contributed by atoms with E-state index in [4.69, 9.17) is 0 Å². The van der Waals surface area contributed by atoms with Crippen LogP contribution in [0.1, 0.15) is 13.3 Å². The van der Waals surface area contributed by atoms with Crippen LogP contribution in [0.2, 0.25) is 0 Å². The molecule has 0 unspecified atom stereocenters. The Bertz CT molecular complexity index is 142. The lowest BCUT2D eigenvalue weighted by atomic mass is 10.3. The van der Waals surface area contributed by atoms with Gasteiger partial charge in [-0.05, 0) is 12.5 Å². The van der Waals surface area contributed by atoms with Gasteiger partial charge in [-0.25, -0.2) is 0 Å². The lowest BCUT2D eigenvalue weighted by Crippen LogP contribution is -2.03. The first-order valence-corrected chi connectivity index (χ1v) is 2.88. The van der Waals surface area contributed by atoms with Gasteiger partial charge in [-0.1, -0.05) is 12.2 Å². The highest BCUT2D eigenvalue weighted by atomic mass is 14.8. The Labute approximate surface area is 50.1 Å². The smallest absolute Gasteiger partial charge is 0.0172 e. The molecule has 0 bridgehead atoms. The zero-order chi connectivity index (χ0) is 5.98. The Hall–Kier alpha value is -0.720. The molecular weight excluding hydrogens is 98.1 g/mol. The lowest BCUT2D eigenvalue weighted by Gasteiger charge is -1.99. The van der Waals surface area contributed by atoms with Gasteiger partial charge < -0.3 is 5.32 Å². The molecule has 44 valence electrons. The van der Waals surface area contributed by atoms with Gasteiger partial charge in [-0.3, -0.25) is 0 Å². The van der Waals surface area contributed by atoms with Crippen LogP contribution < -0.4 is 5.32 Å². The number of nitrogens with one attached hydrogen (secondary N) is 1. The van der Waals surface area contributed by atoms with Crippen molar-refractivity contribution < 1.29 is 0 Å². The molecule has 0 amide bonds. The van der Waals surface area contributed by atoms with Crippen LogP contribution >= 0.6 is 0 Å². The van der Waals surface area contributed by atoms with Gasteiger partial charge in [0.25, 0.3) is 0 Å². The molecule has 0 radical (unpaired) electrons. The van der Waals surface area contributed by atoms with Crippen molar-refractivity contribution in [3.05, 3.63) is 23.4 Å². The molecule has 1 nitrogen and oxygen atoms in total. The first kappa shape index (κ1) is 5.42. The van der Waals surface area contributed by atoms with Gasteiger partial charge in [0.05, 0.1) is 0 Å².